The molecule has 2 aromatic heterocycles. The molecule has 0 bridgehead atoms. The van der Waals surface area contributed by atoms with Crippen molar-refractivity contribution in [3.63, 3.8) is 0 Å². The van der Waals surface area contributed by atoms with Crippen LogP contribution in [0.5, 0.6) is 5.75 Å². The van der Waals surface area contributed by atoms with Gasteiger partial charge in [0.2, 0.25) is 0 Å². The number of nitrogens with zero attached hydrogens (tertiary/aromatic N) is 3. The molecule has 0 atom stereocenters. The molecule has 7 nitrogen and oxygen atoms in total. The molecule has 2 aromatic carbocycles. The summed E-state index contributed by atoms with van der Waals surface area (Å²) in [5.41, 5.74) is 3.44. The summed E-state index contributed by atoms with van der Waals surface area (Å²) < 4.78 is 20.4. The van der Waals surface area contributed by atoms with Crippen LogP contribution in [0.4, 0.5) is 15.8 Å². The molecular weight excluding hydrogens is 419 g/mol. The molecule has 156 valence electrons. The van der Waals surface area contributed by atoms with E-state index in [1.165, 1.54) is 28.4 Å². The van der Waals surface area contributed by atoms with E-state index in [4.69, 9.17) is 4.74 Å². The van der Waals surface area contributed by atoms with Gasteiger partial charge in [0, 0.05) is 30.2 Å². The summed E-state index contributed by atoms with van der Waals surface area (Å²) in [6.07, 6.45) is 1.84. The Bertz CT molecular complexity index is 1340. The molecule has 1 aliphatic rings. The Morgan fingerprint density at radius 1 is 1.23 bits per heavy atom. The summed E-state index contributed by atoms with van der Waals surface area (Å²) >= 11 is 1.28. The zero-order valence-corrected chi connectivity index (χ0v) is 17.5. The standard InChI is InChI=1S/C22H17FN4O3S/c1-12-20(31-22-25-16(10-27(12)22)13-3-5-14(23)6-4-13)21(29)24-15-7-8-18-17(9-15)26(2)19(28)11-30-18/h3-10H,11H2,1-2H3,(H,24,29). The average molecular weight is 436 g/mol. The van der Waals surface area contributed by atoms with Crippen LogP contribution in [0.2, 0.25) is 0 Å². The number of imidazole rings is 1. The Morgan fingerprint density at radius 3 is 2.74 bits per heavy atom. The third-order valence-electron chi connectivity index (χ3n) is 5.21. The second-order valence-electron chi connectivity index (χ2n) is 7.18. The van der Waals surface area contributed by atoms with Gasteiger partial charge in [-0.25, -0.2) is 9.37 Å². The smallest absolute Gasteiger partial charge is 0.267 e. The molecule has 0 spiro atoms. The van der Waals surface area contributed by atoms with Crippen LogP contribution in [0.15, 0.2) is 48.7 Å². The Hall–Kier alpha value is -3.72. The molecule has 0 aliphatic carbocycles. The third-order valence-corrected chi connectivity index (χ3v) is 6.36. The number of likely N-dealkylation sites (N-methyl/N-ethyl adjacent to an activating group) is 1. The fourth-order valence-electron chi connectivity index (χ4n) is 3.46. The quantitative estimate of drug-likeness (QED) is 0.524. The van der Waals surface area contributed by atoms with Gasteiger partial charge >= 0.3 is 0 Å². The van der Waals surface area contributed by atoms with Crippen LogP contribution in [0, 0.1) is 12.7 Å². The SMILES string of the molecule is Cc1c(C(=O)Nc2ccc3c(c2)N(C)C(=O)CO3)sc2nc(-c3ccc(F)cc3)cn12. The first-order chi connectivity index (χ1) is 14.9. The Labute approximate surface area is 180 Å². The first-order valence-electron chi connectivity index (χ1n) is 9.50. The van der Waals surface area contributed by atoms with Crippen molar-refractivity contribution in [3.05, 3.63) is 65.0 Å². The Morgan fingerprint density at radius 2 is 2.00 bits per heavy atom. The number of rotatable bonds is 3. The van der Waals surface area contributed by atoms with Crippen molar-refractivity contribution in [2.75, 3.05) is 23.9 Å². The maximum absolute atomic E-state index is 13.2. The van der Waals surface area contributed by atoms with Crippen molar-refractivity contribution in [1.82, 2.24) is 9.38 Å². The minimum atomic E-state index is -0.302. The van der Waals surface area contributed by atoms with Gasteiger partial charge in [-0.3, -0.25) is 14.0 Å². The number of ether oxygens (including phenoxy) is 1. The van der Waals surface area contributed by atoms with E-state index in [1.807, 2.05) is 17.5 Å². The van der Waals surface area contributed by atoms with E-state index in [9.17, 15) is 14.0 Å². The lowest BCUT2D eigenvalue weighted by Crippen LogP contribution is -2.35. The number of benzene rings is 2. The number of hydrogen-bond acceptors (Lipinski definition) is 5. The lowest BCUT2D eigenvalue weighted by atomic mass is 10.2. The van der Waals surface area contributed by atoms with E-state index in [0.29, 0.717) is 32.7 Å². The topological polar surface area (TPSA) is 75.9 Å². The van der Waals surface area contributed by atoms with Crippen LogP contribution in [0.1, 0.15) is 15.4 Å². The number of hydrogen-bond donors (Lipinski definition) is 1. The fraction of sp³-hybridized carbons (Fsp3) is 0.136. The second-order valence-corrected chi connectivity index (χ2v) is 8.16. The van der Waals surface area contributed by atoms with E-state index in [1.54, 1.807) is 37.4 Å². The highest BCUT2D eigenvalue weighted by Gasteiger charge is 2.23. The summed E-state index contributed by atoms with van der Waals surface area (Å²) in [7, 11) is 1.67. The second kappa shape index (κ2) is 7.21. The number of anilines is 2. The van der Waals surface area contributed by atoms with Gasteiger partial charge in [0.15, 0.2) is 11.6 Å². The molecule has 0 radical (unpaired) electrons. The van der Waals surface area contributed by atoms with Gasteiger partial charge in [0.1, 0.15) is 16.4 Å². The van der Waals surface area contributed by atoms with Gasteiger partial charge in [-0.05, 0) is 49.4 Å². The van der Waals surface area contributed by atoms with E-state index >= 15 is 0 Å². The van der Waals surface area contributed by atoms with Gasteiger partial charge in [0.05, 0.1) is 11.4 Å². The molecule has 1 N–H and O–H groups in total. The molecule has 1 aliphatic heterocycles. The van der Waals surface area contributed by atoms with Crippen molar-refractivity contribution >= 4 is 39.5 Å². The molecule has 31 heavy (non-hydrogen) atoms. The van der Waals surface area contributed by atoms with Gasteiger partial charge in [-0.1, -0.05) is 11.3 Å². The van der Waals surface area contributed by atoms with Crippen molar-refractivity contribution < 1.29 is 18.7 Å². The number of thiazole rings is 1. The largest absolute Gasteiger partial charge is 0.482 e. The van der Waals surface area contributed by atoms with Gasteiger partial charge in [-0.15, -0.1) is 0 Å². The molecule has 4 aromatic rings. The number of carbonyl (C=O) groups is 2. The normalized spacial score (nSPS) is 13.3. The number of fused-ring (bicyclic) bond motifs is 2. The lowest BCUT2D eigenvalue weighted by molar-refractivity contribution is -0.120. The summed E-state index contributed by atoms with van der Waals surface area (Å²) in [6, 6.07) is 11.3. The van der Waals surface area contributed by atoms with E-state index in [0.717, 1.165) is 11.3 Å². The van der Waals surface area contributed by atoms with Crippen molar-refractivity contribution in [2.45, 2.75) is 6.92 Å². The highest BCUT2D eigenvalue weighted by molar-refractivity contribution is 7.19. The number of nitrogens with one attached hydrogen (secondary N) is 1. The van der Waals surface area contributed by atoms with Crippen LogP contribution in [0.3, 0.4) is 0 Å². The molecule has 0 fully saturated rings. The van der Waals surface area contributed by atoms with Crippen molar-refractivity contribution in [2.24, 2.45) is 0 Å². The van der Waals surface area contributed by atoms with E-state index < -0.39 is 0 Å². The average Bonchev–Trinajstić information content (AvgIpc) is 3.31. The molecule has 2 amide bonds. The van der Waals surface area contributed by atoms with Gasteiger partial charge < -0.3 is 15.0 Å². The van der Waals surface area contributed by atoms with E-state index in [-0.39, 0.29) is 24.2 Å². The summed E-state index contributed by atoms with van der Waals surface area (Å²) in [4.78, 5) is 32.1. The first-order valence-corrected chi connectivity index (χ1v) is 10.3. The van der Waals surface area contributed by atoms with Gasteiger partial charge in [-0.2, -0.15) is 0 Å². The number of amides is 2. The molecule has 0 unspecified atom stereocenters. The van der Waals surface area contributed by atoms with Crippen molar-refractivity contribution in [1.29, 1.82) is 0 Å². The highest BCUT2D eigenvalue weighted by atomic mass is 32.1. The molecule has 3 heterocycles. The lowest BCUT2D eigenvalue weighted by Gasteiger charge is -2.26. The van der Waals surface area contributed by atoms with Crippen LogP contribution < -0.4 is 15.0 Å². The fourth-order valence-corrected chi connectivity index (χ4v) is 4.46. The third kappa shape index (κ3) is 3.32. The zero-order valence-electron chi connectivity index (χ0n) is 16.7. The zero-order chi connectivity index (χ0) is 21.7. The Balaban J connectivity index is 1.41. The summed E-state index contributed by atoms with van der Waals surface area (Å²) in [6.45, 7) is 1.85. The predicted octanol–water partition coefficient (Wildman–Crippen LogP) is 4.12. The summed E-state index contributed by atoms with van der Waals surface area (Å²) in [5, 5.41) is 2.88. The van der Waals surface area contributed by atoms with Crippen LogP contribution in [0.25, 0.3) is 16.2 Å². The van der Waals surface area contributed by atoms with Crippen LogP contribution in [-0.4, -0.2) is 34.9 Å². The molecular formula is C22H17FN4O3S. The van der Waals surface area contributed by atoms with Gasteiger partial charge in [0.25, 0.3) is 11.8 Å². The molecule has 0 saturated carbocycles. The van der Waals surface area contributed by atoms with Crippen LogP contribution >= 0.6 is 11.3 Å². The maximum atomic E-state index is 13.2. The monoisotopic (exact) mass is 436 g/mol. The predicted molar refractivity (Wildman–Crippen MR) is 117 cm³/mol. The van der Waals surface area contributed by atoms with E-state index in [2.05, 4.69) is 10.3 Å². The maximum Gasteiger partial charge on any atom is 0.267 e. The van der Waals surface area contributed by atoms with Crippen LogP contribution in [-0.2, 0) is 4.79 Å². The Kier molecular flexibility index (Phi) is 4.48. The minimum absolute atomic E-state index is 0.00327. The number of aromatic nitrogens is 2. The molecule has 5 rings (SSSR count). The number of halogens is 1. The first kappa shape index (κ1) is 19.3. The minimum Gasteiger partial charge on any atom is -0.482 e. The highest BCUT2D eigenvalue weighted by Crippen LogP contribution is 2.34. The number of carbonyl (C=O) groups excluding carboxylic acids is 2. The molecule has 0 saturated heterocycles. The number of aryl methyl sites for hydroxylation is 1. The molecule has 9 heteroatoms. The summed E-state index contributed by atoms with van der Waals surface area (Å²) in [5.74, 6) is -0.117. The van der Waals surface area contributed by atoms with Crippen molar-refractivity contribution in [3.8, 4) is 17.0 Å².